The maximum Gasteiger partial charge on any atom is 0.495 e. The molecule has 1 fully saturated rings. The number of rotatable bonds is 3. The third-order valence-electron chi connectivity index (χ3n) is 5.37. The van der Waals surface area contributed by atoms with Crippen LogP contribution in [0.2, 0.25) is 0 Å². The van der Waals surface area contributed by atoms with Crippen molar-refractivity contribution in [3.8, 4) is 0 Å². The number of hydrogen-bond acceptors (Lipinski definition) is 3. The van der Waals surface area contributed by atoms with Crippen LogP contribution in [0.1, 0.15) is 38.8 Å². The zero-order chi connectivity index (χ0) is 21.7. The van der Waals surface area contributed by atoms with Gasteiger partial charge in [0.25, 0.3) is 0 Å². The maximum absolute atomic E-state index is 13.9. The molecule has 9 heteroatoms. The third-order valence-corrected chi connectivity index (χ3v) is 5.37. The Morgan fingerprint density at radius 1 is 0.828 bits per heavy atom. The minimum Gasteiger partial charge on any atom is -0.399 e. The molecule has 0 unspecified atom stereocenters. The van der Waals surface area contributed by atoms with Gasteiger partial charge >= 0.3 is 7.12 Å². The molecule has 0 radical (unpaired) electrons. The van der Waals surface area contributed by atoms with Crippen LogP contribution in [-0.2, 0) is 9.31 Å². The molecule has 0 N–H and O–H groups in total. The van der Waals surface area contributed by atoms with Crippen LogP contribution in [0.25, 0.3) is 0 Å². The highest BCUT2D eigenvalue weighted by atomic mass is 19.2. The molecule has 0 saturated carbocycles. The van der Waals surface area contributed by atoms with Gasteiger partial charge in [0.15, 0.2) is 23.3 Å². The third kappa shape index (κ3) is 3.57. The predicted molar refractivity (Wildman–Crippen MR) is 100 cm³/mol. The lowest BCUT2D eigenvalue weighted by molar-refractivity contribution is 0.00578. The predicted octanol–water partition coefficient (Wildman–Crippen LogP) is 4.74. The molecule has 0 bridgehead atoms. The first-order valence-electron chi connectivity index (χ1n) is 8.88. The number of aliphatic imine (C=N–C) groups is 1. The standard InChI is InChI=1S/C20H19BF5NO2/c1-10-7-6-8-12(21-28-19(2,3)20(4,5)29-21)11(10)9-27-18-16(25)14(23)13(22)15(24)17(18)26/h6-9H,1-5H3. The summed E-state index contributed by atoms with van der Waals surface area (Å²) in [6, 6.07) is 5.15. The first-order chi connectivity index (χ1) is 13.4. The molecule has 3 rings (SSSR count). The van der Waals surface area contributed by atoms with E-state index < -0.39 is 53.1 Å². The van der Waals surface area contributed by atoms with Crippen LogP contribution in [0.3, 0.4) is 0 Å². The average molecular weight is 411 g/mol. The van der Waals surface area contributed by atoms with E-state index in [0.29, 0.717) is 16.6 Å². The summed E-state index contributed by atoms with van der Waals surface area (Å²) in [4.78, 5) is 3.57. The zero-order valence-electron chi connectivity index (χ0n) is 16.5. The second-order valence-electron chi connectivity index (χ2n) is 7.84. The average Bonchev–Trinajstić information content (AvgIpc) is 2.86. The molecule has 0 aromatic heterocycles. The Kier molecular flexibility index (Phi) is 5.34. The molecule has 0 spiro atoms. The van der Waals surface area contributed by atoms with Gasteiger partial charge in [0.1, 0.15) is 5.69 Å². The van der Waals surface area contributed by atoms with Crippen LogP contribution in [-0.4, -0.2) is 24.5 Å². The van der Waals surface area contributed by atoms with E-state index in [0.717, 1.165) is 6.21 Å². The molecular weight excluding hydrogens is 392 g/mol. The van der Waals surface area contributed by atoms with E-state index in [9.17, 15) is 22.0 Å². The van der Waals surface area contributed by atoms with E-state index in [-0.39, 0.29) is 0 Å². The smallest absolute Gasteiger partial charge is 0.399 e. The topological polar surface area (TPSA) is 30.8 Å². The highest BCUT2D eigenvalue weighted by Crippen LogP contribution is 2.37. The van der Waals surface area contributed by atoms with E-state index in [1.807, 2.05) is 27.7 Å². The summed E-state index contributed by atoms with van der Waals surface area (Å²) in [7, 11) is -0.794. The molecule has 1 saturated heterocycles. The van der Waals surface area contributed by atoms with Crippen LogP contribution in [0, 0.1) is 36.0 Å². The van der Waals surface area contributed by atoms with Gasteiger partial charge in [-0.25, -0.2) is 26.9 Å². The molecule has 3 nitrogen and oxygen atoms in total. The van der Waals surface area contributed by atoms with Gasteiger partial charge in [0.05, 0.1) is 11.2 Å². The van der Waals surface area contributed by atoms with E-state index in [1.54, 1.807) is 25.1 Å². The second-order valence-corrected chi connectivity index (χ2v) is 7.84. The van der Waals surface area contributed by atoms with Crippen molar-refractivity contribution in [1.82, 2.24) is 0 Å². The Morgan fingerprint density at radius 2 is 1.31 bits per heavy atom. The van der Waals surface area contributed by atoms with Crippen LogP contribution in [0.4, 0.5) is 27.6 Å². The van der Waals surface area contributed by atoms with Crippen molar-refractivity contribution in [3.05, 3.63) is 58.4 Å². The van der Waals surface area contributed by atoms with Gasteiger partial charge in [-0.05, 0) is 51.2 Å². The summed E-state index contributed by atoms with van der Waals surface area (Å²) in [6.07, 6.45) is 1.05. The summed E-state index contributed by atoms with van der Waals surface area (Å²) < 4.78 is 79.9. The van der Waals surface area contributed by atoms with Gasteiger partial charge in [-0.15, -0.1) is 0 Å². The van der Waals surface area contributed by atoms with Crippen molar-refractivity contribution in [2.75, 3.05) is 0 Å². The fourth-order valence-corrected chi connectivity index (χ4v) is 2.89. The Morgan fingerprint density at radius 3 is 1.83 bits per heavy atom. The summed E-state index contributed by atoms with van der Waals surface area (Å²) in [5.41, 5.74) is -0.935. The van der Waals surface area contributed by atoms with Gasteiger partial charge in [-0.3, -0.25) is 0 Å². The molecule has 29 heavy (non-hydrogen) atoms. The highest BCUT2D eigenvalue weighted by molar-refractivity contribution is 6.63. The molecule has 1 aliphatic heterocycles. The number of hydrogen-bond donors (Lipinski definition) is 0. The minimum absolute atomic E-state index is 0.398. The lowest BCUT2D eigenvalue weighted by Gasteiger charge is -2.32. The van der Waals surface area contributed by atoms with Crippen LogP contribution < -0.4 is 5.46 Å². The number of nitrogens with zero attached hydrogens (tertiary/aromatic N) is 1. The van der Waals surface area contributed by atoms with Gasteiger partial charge < -0.3 is 9.31 Å². The summed E-state index contributed by atoms with van der Waals surface area (Å²) in [6.45, 7) is 9.18. The number of benzene rings is 2. The van der Waals surface area contributed by atoms with Gasteiger partial charge in [-0.1, -0.05) is 18.2 Å². The normalized spacial score (nSPS) is 18.1. The summed E-state index contributed by atoms with van der Waals surface area (Å²) >= 11 is 0. The quantitative estimate of drug-likeness (QED) is 0.240. The van der Waals surface area contributed by atoms with Gasteiger partial charge in [0.2, 0.25) is 5.82 Å². The van der Waals surface area contributed by atoms with E-state index in [1.165, 1.54) is 0 Å². The molecule has 2 aromatic rings. The minimum atomic E-state index is -2.23. The van der Waals surface area contributed by atoms with E-state index in [4.69, 9.17) is 9.31 Å². The summed E-state index contributed by atoms with van der Waals surface area (Å²) in [5, 5.41) is 0. The maximum atomic E-state index is 13.9. The number of aryl methyl sites for hydroxylation is 1. The van der Waals surface area contributed by atoms with E-state index in [2.05, 4.69) is 4.99 Å². The molecular formula is C20H19BF5NO2. The van der Waals surface area contributed by atoms with Crippen molar-refractivity contribution in [3.63, 3.8) is 0 Å². The van der Waals surface area contributed by atoms with Crippen LogP contribution in [0.15, 0.2) is 23.2 Å². The molecule has 0 amide bonds. The molecule has 0 aliphatic carbocycles. The van der Waals surface area contributed by atoms with Crippen LogP contribution in [0.5, 0.6) is 0 Å². The van der Waals surface area contributed by atoms with Crippen molar-refractivity contribution < 1.29 is 31.3 Å². The lowest BCUT2D eigenvalue weighted by atomic mass is 9.75. The molecule has 0 atom stereocenters. The van der Waals surface area contributed by atoms with Crippen molar-refractivity contribution in [2.45, 2.75) is 45.8 Å². The molecule has 2 aromatic carbocycles. The zero-order valence-corrected chi connectivity index (χ0v) is 16.5. The first kappa shape index (κ1) is 21.5. The largest absolute Gasteiger partial charge is 0.495 e. The van der Waals surface area contributed by atoms with Gasteiger partial charge in [-0.2, -0.15) is 0 Å². The SMILES string of the molecule is Cc1cccc(B2OC(C)(C)C(C)(C)O2)c1C=Nc1c(F)c(F)c(F)c(F)c1F. The Labute approximate surface area is 165 Å². The van der Waals surface area contributed by atoms with Crippen molar-refractivity contribution >= 4 is 24.5 Å². The Balaban J connectivity index is 2.07. The van der Waals surface area contributed by atoms with Crippen molar-refractivity contribution in [1.29, 1.82) is 0 Å². The molecule has 154 valence electrons. The second kappa shape index (κ2) is 7.21. The highest BCUT2D eigenvalue weighted by Gasteiger charge is 2.52. The summed E-state index contributed by atoms with van der Waals surface area (Å²) in [5.74, 6) is -10.3. The Hall–Kier alpha value is -2.26. The fourth-order valence-electron chi connectivity index (χ4n) is 2.89. The monoisotopic (exact) mass is 411 g/mol. The lowest BCUT2D eigenvalue weighted by Crippen LogP contribution is -2.41. The van der Waals surface area contributed by atoms with Crippen LogP contribution >= 0.6 is 0 Å². The fraction of sp³-hybridized carbons (Fsp3) is 0.350. The first-order valence-corrected chi connectivity index (χ1v) is 8.88. The van der Waals surface area contributed by atoms with Crippen molar-refractivity contribution in [2.24, 2.45) is 4.99 Å². The van der Waals surface area contributed by atoms with E-state index >= 15 is 0 Å². The molecule has 1 aliphatic rings. The Bertz CT molecular complexity index is 962. The number of halogens is 5. The molecule has 1 heterocycles. The van der Waals surface area contributed by atoms with Gasteiger partial charge in [0, 0.05) is 6.21 Å².